The number of aromatic amines is 1. The summed E-state index contributed by atoms with van der Waals surface area (Å²) in [5, 5.41) is 3.32. The van der Waals surface area contributed by atoms with E-state index in [0.717, 1.165) is 23.4 Å². The Morgan fingerprint density at radius 2 is 2.33 bits per heavy atom. The lowest BCUT2D eigenvalue weighted by atomic mass is 10.3. The molecule has 0 saturated carbocycles. The summed E-state index contributed by atoms with van der Waals surface area (Å²) in [7, 11) is 0. The number of pyridine rings is 1. The second-order valence-corrected chi connectivity index (χ2v) is 3.62. The predicted molar refractivity (Wildman–Crippen MR) is 61.8 cm³/mol. The molecular formula is C11H14N4. The maximum Gasteiger partial charge on any atom is 0.179 e. The summed E-state index contributed by atoms with van der Waals surface area (Å²) < 4.78 is 0. The number of imidazole rings is 1. The summed E-state index contributed by atoms with van der Waals surface area (Å²) >= 11 is 0. The summed E-state index contributed by atoms with van der Waals surface area (Å²) in [6.45, 7) is 4.99. The fourth-order valence-electron chi connectivity index (χ4n) is 1.36. The van der Waals surface area contributed by atoms with Crippen molar-refractivity contribution in [1.29, 1.82) is 0 Å². The van der Waals surface area contributed by atoms with Gasteiger partial charge in [-0.3, -0.25) is 0 Å². The van der Waals surface area contributed by atoms with Gasteiger partial charge in [0.15, 0.2) is 5.65 Å². The molecule has 4 nitrogen and oxygen atoms in total. The van der Waals surface area contributed by atoms with Crippen LogP contribution in [0.4, 0.5) is 5.69 Å². The van der Waals surface area contributed by atoms with Gasteiger partial charge in [-0.2, -0.15) is 0 Å². The number of nitrogens with one attached hydrogen (secondary N) is 2. The van der Waals surface area contributed by atoms with E-state index in [2.05, 4.69) is 40.2 Å². The zero-order chi connectivity index (χ0) is 10.7. The highest BCUT2D eigenvalue weighted by atomic mass is 15.0. The van der Waals surface area contributed by atoms with Crippen molar-refractivity contribution >= 4 is 16.9 Å². The van der Waals surface area contributed by atoms with Crippen LogP contribution >= 0.6 is 0 Å². The molecule has 0 aliphatic heterocycles. The first-order valence-electron chi connectivity index (χ1n) is 4.92. The molecule has 0 spiro atoms. The quantitative estimate of drug-likeness (QED) is 0.751. The Morgan fingerprint density at radius 1 is 1.47 bits per heavy atom. The van der Waals surface area contributed by atoms with Crippen molar-refractivity contribution in [2.24, 2.45) is 0 Å². The Labute approximate surface area is 88.4 Å². The summed E-state index contributed by atoms with van der Waals surface area (Å²) in [5.74, 6) is 0. The Balaban J connectivity index is 2.20. The summed E-state index contributed by atoms with van der Waals surface area (Å²) in [6.07, 6.45) is 5.56. The number of aromatic nitrogens is 3. The van der Waals surface area contributed by atoms with Gasteiger partial charge >= 0.3 is 0 Å². The SMILES string of the molecule is CC(C)=CCNc1ccnc2nc[nH]c12. The van der Waals surface area contributed by atoms with Gasteiger partial charge in [-0.05, 0) is 19.9 Å². The number of nitrogens with zero attached hydrogens (tertiary/aromatic N) is 2. The number of H-pyrrole nitrogens is 1. The zero-order valence-corrected chi connectivity index (χ0v) is 8.91. The maximum atomic E-state index is 4.15. The van der Waals surface area contributed by atoms with Crippen LogP contribution in [0.1, 0.15) is 13.8 Å². The second kappa shape index (κ2) is 4.13. The van der Waals surface area contributed by atoms with Crippen LogP contribution in [-0.4, -0.2) is 21.5 Å². The van der Waals surface area contributed by atoms with E-state index in [0.29, 0.717) is 0 Å². The Bertz CT molecular complexity index is 480. The normalized spacial score (nSPS) is 10.3. The van der Waals surface area contributed by atoms with Crippen molar-refractivity contribution in [3.05, 3.63) is 30.2 Å². The van der Waals surface area contributed by atoms with E-state index in [9.17, 15) is 0 Å². The topological polar surface area (TPSA) is 53.6 Å². The lowest BCUT2D eigenvalue weighted by Gasteiger charge is -2.03. The summed E-state index contributed by atoms with van der Waals surface area (Å²) in [6, 6.07) is 1.94. The third-order valence-electron chi connectivity index (χ3n) is 2.13. The number of hydrogen-bond donors (Lipinski definition) is 2. The molecule has 2 N–H and O–H groups in total. The standard InChI is InChI=1S/C11H14N4/c1-8(2)3-5-12-9-4-6-13-11-10(9)14-7-15-11/h3-4,6-7H,5H2,1-2H3,(H2,12,13,14,15). The molecule has 2 aromatic heterocycles. The first kappa shape index (κ1) is 9.71. The van der Waals surface area contributed by atoms with E-state index in [-0.39, 0.29) is 0 Å². The van der Waals surface area contributed by atoms with Gasteiger partial charge < -0.3 is 10.3 Å². The molecule has 0 atom stereocenters. The zero-order valence-electron chi connectivity index (χ0n) is 8.91. The molecule has 0 fully saturated rings. The molecule has 2 heterocycles. The summed E-state index contributed by atoms with van der Waals surface area (Å²) in [5.41, 5.74) is 4.05. The molecule has 0 aromatic carbocycles. The van der Waals surface area contributed by atoms with Crippen LogP contribution in [0, 0.1) is 0 Å². The van der Waals surface area contributed by atoms with E-state index in [1.165, 1.54) is 5.57 Å². The van der Waals surface area contributed by atoms with Crippen molar-refractivity contribution in [3.63, 3.8) is 0 Å². The summed E-state index contributed by atoms with van der Waals surface area (Å²) in [4.78, 5) is 11.3. The smallest absolute Gasteiger partial charge is 0.179 e. The molecule has 0 bridgehead atoms. The average molecular weight is 202 g/mol. The molecule has 4 heteroatoms. The molecule has 15 heavy (non-hydrogen) atoms. The van der Waals surface area contributed by atoms with Gasteiger partial charge in [-0.25, -0.2) is 9.97 Å². The van der Waals surface area contributed by atoms with Gasteiger partial charge in [0.2, 0.25) is 0 Å². The number of anilines is 1. The third kappa shape index (κ3) is 2.15. The van der Waals surface area contributed by atoms with Crippen molar-refractivity contribution in [2.75, 3.05) is 11.9 Å². The first-order valence-corrected chi connectivity index (χ1v) is 4.92. The molecular weight excluding hydrogens is 188 g/mol. The van der Waals surface area contributed by atoms with Crippen LogP contribution in [0.25, 0.3) is 11.2 Å². The highest BCUT2D eigenvalue weighted by molar-refractivity contribution is 5.84. The maximum absolute atomic E-state index is 4.15. The molecule has 0 unspecified atom stereocenters. The van der Waals surface area contributed by atoms with E-state index >= 15 is 0 Å². The van der Waals surface area contributed by atoms with Crippen LogP contribution < -0.4 is 5.32 Å². The highest BCUT2D eigenvalue weighted by Gasteiger charge is 2.01. The monoisotopic (exact) mass is 202 g/mol. The minimum absolute atomic E-state index is 0.747. The van der Waals surface area contributed by atoms with Crippen LogP contribution in [0.5, 0.6) is 0 Å². The van der Waals surface area contributed by atoms with E-state index < -0.39 is 0 Å². The average Bonchev–Trinajstić information content (AvgIpc) is 2.65. The fourth-order valence-corrected chi connectivity index (χ4v) is 1.36. The minimum Gasteiger partial charge on any atom is -0.380 e. The first-order chi connectivity index (χ1) is 7.27. The Kier molecular flexibility index (Phi) is 2.67. The van der Waals surface area contributed by atoms with Crippen LogP contribution in [0.2, 0.25) is 0 Å². The van der Waals surface area contributed by atoms with Crippen LogP contribution in [-0.2, 0) is 0 Å². The predicted octanol–water partition coefficient (Wildman–Crippen LogP) is 2.34. The molecule has 0 radical (unpaired) electrons. The van der Waals surface area contributed by atoms with Crippen molar-refractivity contribution in [1.82, 2.24) is 15.0 Å². The van der Waals surface area contributed by atoms with E-state index in [1.54, 1.807) is 12.5 Å². The molecule has 0 aliphatic rings. The fraction of sp³-hybridized carbons (Fsp3) is 0.273. The van der Waals surface area contributed by atoms with E-state index in [1.807, 2.05) is 6.07 Å². The van der Waals surface area contributed by atoms with Crippen molar-refractivity contribution < 1.29 is 0 Å². The molecule has 0 saturated heterocycles. The number of rotatable bonds is 3. The Morgan fingerprint density at radius 3 is 3.13 bits per heavy atom. The molecule has 2 rings (SSSR count). The van der Waals surface area contributed by atoms with Gasteiger partial charge in [-0.15, -0.1) is 0 Å². The van der Waals surface area contributed by atoms with Crippen LogP contribution in [0.3, 0.4) is 0 Å². The van der Waals surface area contributed by atoms with E-state index in [4.69, 9.17) is 0 Å². The van der Waals surface area contributed by atoms with Crippen molar-refractivity contribution in [3.8, 4) is 0 Å². The van der Waals surface area contributed by atoms with Gasteiger partial charge in [-0.1, -0.05) is 11.6 Å². The molecule has 78 valence electrons. The largest absolute Gasteiger partial charge is 0.380 e. The molecule has 0 aliphatic carbocycles. The lowest BCUT2D eigenvalue weighted by Crippen LogP contribution is -1.99. The van der Waals surface area contributed by atoms with Gasteiger partial charge in [0.1, 0.15) is 5.52 Å². The third-order valence-corrected chi connectivity index (χ3v) is 2.13. The minimum atomic E-state index is 0.747. The number of fused-ring (bicyclic) bond motifs is 1. The Hall–Kier alpha value is -1.84. The van der Waals surface area contributed by atoms with Gasteiger partial charge in [0.05, 0.1) is 12.0 Å². The highest BCUT2D eigenvalue weighted by Crippen LogP contribution is 2.16. The van der Waals surface area contributed by atoms with Gasteiger partial charge in [0.25, 0.3) is 0 Å². The van der Waals surface area contributed by atoms with Crippen LogP contribution in [0.15, 0.2) is 30.2 Å². The van der Waals surface area contributed by atoms with Crippen molar-refractivity contribution in [2.45, 2.75) is 13.8 Å². The molecule has 2 aromatic rings. The number of hydrogen-bond acceptors (Lipinski definition) is 3. The molecule has 0 amide bonds. The van der Waals surface area contributed by atoms with Gasteiger partial charge in [0, 0.05) is 12.7 Å². The second-order valence-electron chi connectivity index (χ2n) is 3.62. The lowest BCUT2D eigenvalue weighted by molar-refractivity contribution is 1.26. The number of allylic oxidation sites excluding steroid dienone is 1.